The molecule has 0 spiro atoms. The van der Waals surface area contributed by atoms with Gasteiger partial charge in [-0.25, -0.2) is 9.98 Å². The van der Waals surface area contributed by atoms with Crippen molar-refractivity contribution in [2.45, 2.75) is 20.4 Å². The van der Waals surface area contributed by atoms with Gasteiger partial charge in [-0.15, -0.1) is 24.0 Å². The number of benzene rings is 1. The van der Waals surface area contributed by atoms with Gasteiger partial charge in [0, 0.05) is 12.6 Å². The fourth-order valence-corrected chi connectivity index (χ4v) is 2.13. The van der Waals surface area contributed by atoms with E-state index in [9.17, 15) is 0 Å². The quantitative estimate of drug-likeness (QED) is 0.269. The lowest BCUT2D eigenvalue weighted by atomic mass is 10.2. The first kappa shape index (κ1) is 22.0. The van der Waals surface area contributed by atoms with E-state index < -0.39 is 0 Å². The lowest BCUT2D eigenvalue weighted by Crippen LogP contribution is -2.39. The zero-order valence-corrected chi connectivity index (χ0v) is 17.8. The van der Waals surface area contributed by atoms with Crippen molar-refractivity contribution in [1.29, 1.82) is 0 Å². The molecule has 0 bridgehead atoms. The van der Waals surface area contributed by atoms with Gasteiger partial charge in [-0.3, -0.25) is 0 Å². The fourth-order valence-electron chi connectivity index (χ4n) is 2.13. The number of methoxy groups -OCH3 is 1. The van der Waals surface area contributed by atoms with Crippen LogP contribution in [0.25, 0.3) is 0 Å². The summed E-state index contributed by atoms with van der Waals surface area (Å²) in [5.74, 6) is 2.20. The normalized spacial score (nSPS) is 10.7. The van der Waals surface area contributed by atoms with Crippen molar-refractivity contribution >= 4 is 29.9 Å². The highest BCUT2D eigenvalue weighted by Gasteiger charge is 2.00. The molecule has 0 unspecified atom stereocenters. The molecule has 2 rings (SSSR count). The Hall–Kier alpha value is -2.03. The van der Waals surface area contributed by atoms with Gasteiger partial charge in [-0.05, 0) is 32.0 Å². The van der Waals surface area contributed by atoms with Crippen molar-refractivity contribution in [2.75, 3.05) is 26.8 Å². The van der Waals surface area contributed by atoms with Crippen LogP contribution in [0.3, 0.4) is 0 Å². The van der Waals surface area contributed by atoms with Crippen LogP contribution in [0.1, 0.15) is 18.2 Å². The Morgan fingerprint density at radius 1 is 1.12 bits per heavy atom. The molecule has 26 heavy (non-hydrogen) atoms. The molecule has 1 aromatic heterocycles. The summed E-state index contributed by atoms with van der Waals surface area (Å²) in [4.78, 5) is 8.89. The third-order valence-electron chi connectivity index (χ3n) is 3.42. The summed E-state index contributed by atoms with van der Waals surface area (Å²) in [7, 11) is 1.61. The molecule has 0 atom stereocenters. The summed E-state index contributed by atoms with van der Waals surface area (Å²) in [6, 6.07) is 13.7. The van der Waals surface area contributed by atoms with Crippen LogP contribution in [0.15, 0.2) is 47.5 Å². The Morgan fingerprint density at radius 2 is 1.88 bits per heavy atom. The molecule has 0 aliphatic carbocycles. The monoisotopic (exact) mass is 470 g/mol. The first-order valence-corrected chi connectivity index (χ1v) is 8.43. The van der Waals surface area contributed by atoms with E-state index >= 15 is 0 Å². The van der Waals surface area contributed by atoms with Crippen molar-refractivity contribution in [1.82, 2.24) is 15.6 Å². The molecule has 0 saturated carbocycles. The summed E-state index contributed by atoms with van der Waals surface area (Å²) in [5, 5.41) is 6.47. The average Bonchev–Trinajstić information content (AvgIpc) is 2.64. The number of nitrogens with zero attached hydrogens (tertiary/aromatic N) is 2. The largest absolute Gasteiger partial charge is 0.492 e. The Labute approximate surface area is 172 Å². The second kappa shape index (κ2) is 12.3. The number of rotatable bonds is 8. The molecule has 0 fully saturated rings. The average molecular weight is 470 g/mol. The molecule has 1 aromatic carbocycles. The van der Waals surface area contributed by atoms with E-state index in [1.165, 1.54) is 5.56 Å². The van der Waals surface area contributed by atoms with E-state index in [0.29, 0.717) is 25.6 Å². The maximum absolute atomic E-state index is 5.71. The van der Waals surface area contributed by atoms with Crippen molar-refractivity contribution < 1.29 is 9.47 Å². The van der Waals surface area contributed by atoms with Crippen molar-refractivity contribution in [3.8, 4) is 11.6 Å². The molecule has 142 valence electrons. The van der Waals surface area contributed by atoms with Gasteiger partial charge in [0.1, 0.15) is 12.4 Å². The van der Waals surface area contributed by atoms with Crippen LogP contribution in [0, 0.1) is 6.92 Å². The molecule has 2 N–H and O–H groups in total. The molecule has 6 nitrogen and oxygen atoms in total. The number of aryl methyl sites for hydroxylation is 1. The lowest BCUT2D eigenvalue weighted by Gasteiger charge is -2.12. The van der Waals surface area contributed by atoms with Crippen molar-refractivity contribution in [3.63, 3.8) is 0 Å². The Bertz CT molecular complexity index is 677. The molecule has 0 saturated heterocycles. The number of ether oxygens (including phenoxy) is 2. The third kappa shape index (κ3) is 7.90. The molecule has 0 amide bonds. The van der Waals surface area contributed by atoms with Gasteiger partial charge in [0.05, 0.1) is 25.9 Å². The van der Waals surface area contributed by atoms with Crippen LogP contribution in [-0.4, -0.2) is 37.7 Å². The zero-order valence-electron chi connectivity index (χ0n) is 15.5. The maximum Gasteiger partial charge on any atom is 0.213 e. The minimum Gasteiger partial charge on any atom is -0.492 e. The predicted octanol–water partition coefficient (Wildman–Crippen LogP) is 3.15. The van der Waals surface area contributed by atoms with Gasteiger partial charge in [0.2, 0.25) is 5.88 Å². The highest BCUT2D eigenvalue weighted by atomic mass is 127. The number of nitrogens with one attached hydrogen (secondary N) is 2. The summed E-state index contributed by atoms with van der Waals surface area (Å²) in [5.41, 5.74) is 2.07. The Morgan fingerprint density at radius 3 is 2.58 bits per heavy atom. The molecule has 7 heteroatoms. The third-order valence-corrected chi connectivity index (χ3v) is 3.42. The van der Waals surface area contributed by atoms with Crippen LogP contribution >= 0.6 is 24.0 Å². The van der Waals surface area contributed by atoms with Crippen LogP contribution in [0.2, 0.25) is 0 Å². The van der Waals surface area contributed by atoms with Crippen molar-refractivity contribution in [2.24, 2.45) is 4.99 Å². The number of aromatic nitrogens is 1. The van der Waals surface area contributed by atoms with Crippen molar-refractivity contribution in [3.05, 3.63) is 53.7 Å². The topological polar surface area (TPSA) is 67.8 Å². The molecule has 2 aromatic rings. The number of halogens is 1. The first-order valence-electron chi connectivity index (χ1n) is 8.43. The first-order chi connectivity index (χ1) is 12.2. The molecular formula is C19H27IN4O2. The molecule has 0 radical (unpaired) electrons. The smallest absolute Gasteiger partial charge is 0.213 e. The zero-order chi connectivity index (χ0) is 17.9. The van der Waals surface area contributed by atoms with E-state index in [1.54, 1.807) is 7.11 Å². The molecule has 1 heterocycles. The lowest BCUT2D eigenvalue weighted by molar-refractivity contribution is 0.322. The maximum atomic E-state index is 5.71. The van der Waals surface area contributed by atoms with Gasteiger partial charge in [-0.1, -0.05) is 23.8 Å². The van der Waals surface area contributed by atoms with Gasteiger partial charge < -0.3 is 20.1 Å². The summed E-state index contributed by atoms with van der Waals surface area (Å²) < 4.78 is 10.8. The van der Waals surface area contributed by atoms with Crippen LogP contribution in [-0.2, 0) is 6.54 Å². The number of hydrogen-bond donors (Lipinski definition) is 2. The van der Waals surface area contributed by atoms with Gasteiger partial charge in [0.15, 0.2) is 5.96 Å². The minimum atomic E-state index is 0. The van der Waals surface area contributed by atoms with E-state index in [2.05, 4.69) is 27.5 Å². The Balaban J connectivity index is 0.00000338. The second-order valence-corrected chi connectivity index (χ2v) is 5.45. The van der Waals surface area contributed by atoms with Gasteiger partial charge >= 0.3 is 0 Å². The SMILES string of the molecule is CCNC(=NCc1cccc(OC)n1)NCCOc1ccc(C)cc1.I. The van der Waals surface area contributed by atoms with E-state index in [0.717, 1.165) is 23.9 Å². The Kier molecular flexibility index (Phi) is 10.5. The molecule has 0 aliphatic heterocycles. The predicted molar refractivity (Wildman–Crippen MR) is 116 cm³/mol. The highest BCUT2D eigenvalue weighted by Crippen LogP contribution is 2.10. The van der Waals surface area contributed by atoms with Crippen LogP contribution < -0.4 is 20.1 Å². The second-order valence-electron chi connectivity index (χ2n) is 5.45. The standard InChI is InChI=1S/C19H26N4O2.HI/c1-4-20-19(22-14-16-6-5-7-18(23-16)24-3)21-12-13-25-17-10-8-15(2)9-11-17;/h5-11H,4,12-14H2,1-3H3,(H2,20,21,22);1H. The van der Waals surface area contributed by atoms with Crippen LogP contribution in [0.4, 0.5) is 0 Å². The van der Waals surface area contributed by atoms with Gasteiger partial charge in [-0.2, -0.15) is 0 Å². The number of hydrogen-bond acceptors (Lipinski definition) is 4. The summed E-state index contributed by atoms with van der Waals surface area (Å²) >= 11 is 0. The van der Waals surface area contributed by atoms with E-state index in [-0.39, 0.29) is 24.0 Å². The van der Waals surface area contributed by atoms with Crippen LogP contribution in [0.5, 0.6) is 11.6 Å². The summed E-state index contributed by atoms with van der Waals surface area (Å²) in [6.07, 6.45) is 0. The minimum absolute atomic E-state index is 0. The van der Waals surface area contributed by atoms with Gasteiger partial charge in [0.25, 0.3) is 0 Å². The molecule has 0 aliphatic rings. The van der Waals surface area contributed by atoms with E-state index in [4.69, 9.17) is 9.47 Å². The number of aliphatic imine (C=N–C) groups is 1. The molecular weight excluding hydrogens is 443 g/mol. The highest BCUT2D eigenvalue weighted by molar-refractivity contribution is 14.0. The fraction of sp³-hybridized carbons (Fsp3) is 0.368. The van der Waals surface area contributed by atoms with E-state index in [1.807, 2.05) is 49.4 Å². The summed E-state index contributed by atoms with van der Waals surface area (Å²) in [6.45, 7) is 6.57. The number of pyridine rings is 1. The number of guanidine groups is 1.